The van der Waals surface area contributed by atoms with E-state index in [4.69, 9.17) is 4.74 Å². The van der Waals surface area contributed by atoms with E-state index >= 15 is 0 Å². The summed E-state index contributed by atoms with van der Waals surface area (Å²) in [6, 6.07) is 0. The summed E-state index contributed by atoms with van der Waals surface area (Å²) < 4.78 is 5.50. The highest BCUT2D eigenvalue weighted by molar-refractivity contribution is 4.91. The monoisotopic (exact) mass is 167 g/mol. The SMILES string of the molecule is [CH2]CCCCC1CCC2OC2C1. The fraction of sp³-hybridized carbons (Fsp3) is 0.909. The van der Waals surface area contributed by atoms with Gasteiger partial charge in [-0.2, -0.15) is 0 Å². The number of rotatable bonds is 4. The maximum Gasteiger partial charge on any atom is 0.0844 e. The Labute approximate surface area is 75.5 Å². The molecule has 2 rings (SSSR count). The van der Waals surface area contributed by atoms with Gasteiger partial charge < -0.3 is 4.74 Å². The molecule has 1 aliphatic carbocycles. The van der Waals surface area contributed by atoms with Gasteiger partial charge >= 0.3 is 0 Å². The lowest BCUT2D eigenvalue weighted by Crippen LogP contribution is -2.13. The summed E-state index contributed by atoms with van der Waals surface area (Å²) in [4.78, 5) is 0. The third kappa shape index (κ3) is 2.01. The second-order valence-electron chi connectivity index (χ2n) is 4.24. The van der Waals surface area contributed by atoms with E-state index < -0.39 is 0 Å². The van der Waals surface area contributed by atoms with Gasteiger partial charge in [-0.15, -0.1) is 0 Å². The van der Waals surface area contributed by atoms with Crippen LogP contribution >= 0.6 is 0 Å². The Morgan fingerprint density at radius 3 is 2.83 bits per heavy atom. The lowest BCUT2D eigenvalue weighted by Gasteiger charge is -2.18. The van der Waals surface area contributed by atoms with Crippen LogP contribution in [0.4, 0.5) is 0 Å². The molecule has 1 heterocycles. The molecule has 3 unspecified atom stereocenters. The molecule has 1 aliphatic heterocycles. The molecular formula is C11H19O. The molecule has 0 amide bonds. The molecule has 0 aromatic rings. The Morgan fingerprint density at radius 1 is 1.17 bits per heavy atom. The van der Waals surface area contributed by atoms with Crippen molar-refractivity contribution in [2.24, 2.45) is 5.92 Å². The molecule has 69 valence electrons. The first-order chi connectivity index (χ1) is 5.90. The molecule has 0 aromatic carbocycles. The van der Waals surface area contributed by atoms with Gasteiger partial charge in [0.2, 0.25) is 0 Å². The predicted molar refractivity (Wildman–Crippen MR) is 49.8 cm³/mol. The van der Waals surface area contributed by atoms with Crippen LogP contribution in [-0.2, 0) is 4.74 Å². The number of hydrogen-bond acceptors (Lipinski definition) is 1. The molecule has 0 bridgehead atoms. The van der Waals surface area contributed by atoms with Crippen molar-refractivity contribution in [3.8, 4) is 0 Å². The van der Waals surface area contributed by atoms with Crippen molar-refractivity contribution >= 4 is 0 Å². The van der Waals surface area contributed by atoms with Crippen molar-refractivity contribution in [3.63, 3.8) is 0 Å². The van der Waals surface area contributed by atoms with Crippen molar-refractivity contribution in [1.29, 1.82) is 0 Å². The topological polar surface area (TPSA) is 12.5 Å². The smallest absolute Gasteiger partial charge is 0.0844 e. The fourth-order valence-corrected chi connectivity index (χ4v) is 2.36. The third-order valence-corrected chi connectivity index (χ3v) is 3.23. The summed E-state index contributed by atoms with van der Waals surface area (Å²) in [5, 5.41) is 0. The van der Waals surface area contributed by atoms with E-state index in [-0.39, 0.29) is 0 Å². The van der Waals surface area contributed by atoms with Crippen LogP contribution in [0.25, 0.3) is 0 Å². The minimum Gasteiger partial charge on any atom is -0.370 e. The van der Waals surface area contributed by atoms with E-state index in [0.717, 1.165) is 12.3 Å². The Bertz CT molecular complexity index is 144. The molecule has 2 fully saturated rings. The molecule has 1 radical (unpaired) electrons. The summed E-state index contributed by atoms with van der Waals surface area (Å²) >= 11 is 0. The number of fused-ring (bicyclic) bond motifs is 1. The minimum atomic E-state index is 0.670. The van der Waals surface area contributed by atoms with E-state index in [1.165, 1.54) is 38.5 Å². The molecule has 1 saturated heterocycles. The average Bonchev–Trinajstić information content (AvgIpc) is 2.83. The maximum absolute atomic E-state index is 5.50. The highest BCUT2D eigenvalue weighted by Gasteiger charge is 2.43. The highest BCUT2D eigenvalue weighted by Crippen LogP contribution is 2.41. The van der Waals surface area contributed by atoms with E-state index in [1.807, 2.05) is 0 Å². The van der Waals surface area contributed by atoms with Crippen LogP contribution in [0.5, 0.6) is 0 Å². The van der Waals surface area contributed by atoms with Crippen LogP contribution in [0.3, 0.4) is 0 Å². The molecule has 0 spiro atoms. The lowest BCUT2D eigenvalue weighted by atomic mass is 9.86. The van der Waals surface area contributed by atoms with Gasteiger partial charge in [-0.25, -0.2) is 0 Å². The van der Waals surface area contributed by atoms with Gasteiger partial charge in [0.1, 0.15) is 0 Å². The molecule has 0 N–H and O–H groups in total. The number of epoxide rings is 1. The first-order valence-electron chi connectivity index (χ1n) is 5.35. The van der Waals surface area contributed by atoms with E-state index in [2.05, 4.69) is 6.92 Å². The first-order valence-corrected chi connectivity index (χ1v) is 5.35. The van der Waals surface area contributed by atoms with Gasteiger partial charge in [0, 0.05) is 0 Å². The van der Waals surface area contributed by atoms with Gasteiger partial charge in [-0.1, -0.05) is 32.6 Å². The molecular weight excluding hydrogens is 148 g/mol. The Morgan fingerprint density at radius 2 is 2.08 bits per heavy atom. The molecule has 1 heteroatoms. The van der Waals surface area contributed by atoms with Crippen molar-refractivity contribution < 1.29 is 4.74 Å². The predicted octanol–water partition coefficient (Wildman–Crippen LogP) is 2.95. The van der Waals surface area contributed by atoms with Crippen LogP contribution in [0.2, 0.25) is 0 Å². The summed E-state index contributed by atoms with van der Waals surface area (Å²) in [5.74, 6) is 0.972. The van der Waals surface area contributed by atoms with Crippen LogP contribution in [0.15, 0.2) is 0 Å². The van der Waals surface area contributed by atoms with Gasteiger partial charge in [0.25, 0.3) is 0 Å². The normalized spacial score (nSPS) is 39.2. The summed E-state index contributed by atoms with van der Waals surface area (Å²) in [6.07, 6.45) is 10.7. The molecule has 1 nitrogen and oxygen atoms in total. The summed E-state index contributed by atoms with van der Waals surface area (Å²) in [6.45, 7) is 3.87. The second-order valence-corrected chi connectivity index (χ2v) is 4.24. The van der Waals surface area contributed by atoms with E-state index in [1.54, 1.807) is 0 Å². The summed E-state index contributed by atoms with van der Waals surface area (Å²) in [5.41, 5.74) is 0. The molecule has 0 aromatic heterocycles. The maximum atomic E-state index is 5.50. The van der Waals surface area contributed by atoms with Crippen molar-refractivity contribution in [2.75, 3.05) is 0 Å². The van der Waals surface area contributed by atoms with Crippen LogP contribution < -0.4 is 0 Å². The first kappa shape index (κ1) is 8.55. The quantitative estimate of drug-likeness (QED) is 0.463. The number of hydrogen-bond donors (Lipinski definition) is 0. The minimum absolute atomic E-state index is 0.670. The Hall–Kier alpha value is -0.0400. The van der Waals surface area contributed by atoms with Crippen molar-refractivity contribution in [3.05, 3.63) is 6.92 Å². The highest BCUT2D eigenvalue weighted by atomic mass is 16.6. The van der Waals surface area contributed by atoms with Gasteiger partial charge in [0.15, 0.2) is 0 Å². The Balaban J connectivity index is 1.61. The van der Waals surface area contributed by atoms with Crippen LogP contribution in [0.1, 0.15) is 44.9 Å². The van der Waals surface area contributed by atoms with Gasteiger partial charge in [-0.3, -0.25) is 0 Å². The van der Waals surface area contributed by atoms with E-state index in [0.29, 0.717) is 12.2 Å². The van der Waals surface area contributed by atoms with Crippen LogP contribution in [-0.4, -0.2) is 12.2 Å². The second kappa shape index (κ2) is 3.78. The number of ether oxygens (including phenoxy) is 1. The zero-order valence-corrected chi connectivity index (χ0v) is 7.80. The van der Waals surface area contributed by atoms with Gasteiger partial charge in [-0.05, 0) is 25.2 Å². The van der Waals surface area contributed by atoms with E-state index in [9.17, 15) is 0 Å². The summed E-state index contributed by atoms with van der Waals surface area (Å²) in [7, 11) is 0. The molecule has 2 aliphatic rings. The molecule has 3 atom stereocenters. The average molecular weight is 167 g/mol. The van der Waals surface area contributed by atoms with Crippen molar-refractivity contribution in [1.82, 2.24) is 0 Å². The number of unbranched alkanes of at least 4 members (excludes halogenated alkanes) is 2. The lowest BCUT2D eigenvalue weighted by molar-refractivity contribution is 0.345. The van der Waals surface area contributed by atoms with Gasteiger partial charge in [0.05, 0.1) is 12.2 Å². The largest absolute Gasteiger partial charge is 0.370 e. The molecule has 1 saturated carbocycles. The third-order valence-electron chi connectivity index (χ3n) is 3.23. The molecule has 12 heavy (non-hydrogen) atoms. The Kier molecular flexibility index (Phi) is 2.69. The zero-order chi connectivity index (χ0) is 8.39. The zero-order valence-electron chi connectivity index (χ0n) is 7.80. The fourth-order valence-electron chi connectivity index (χ4n) is 2.36. The van der Waals surface area contributed by atoms with Crippen molar-refractivity contribution in [2.45, 2.75) is 57.2 Å². The standard InChI is InChI=1S/C11H19O/c1-2-3-4-5-9-6-7-10-11(8-9)12-10/h9-11H,1-8H2. The van der Waals surface area contributed by atoms with Crippen LogP contribution in [0, 0.1) is 12.8 Å².